The molecule has 4 aliphatic rings. The number of anilines is 1. The number of rotatable bonds is 6. The highest BCUT2D eigenvalue weighted by Gasteiger charge is 2.45. The first-order valence-corrected chi connectivity index (χ1v) is 12.3. The molecule has 9 heteroatoms. The number of hydrogen-bond donors (Lipinski definition) is 2. The zero-order chi connectivity index (χ0) is 24.0. The number of likely N-dealkylation sites (N-methyl/N-ethyl adjacent to an activating group) is 1. The van der Waals surface area contributed by atoms with E-state index in [9.17, 15) is 23.2 Å². The van der Waals surface area contributed by atoms with Crippen LogP contribution in [0.4, 0.5) is 14.5 Å². The van der Waals surface area contributed by atoms with Gasteiger partial charge in [0.15, 0.2) is 0 Å². The van der Waals surface area contributed by atoms with Gasteiger partial charge in [-0.2, -0.15) is 0 Å². The van der Waals surface area contributed by atoms with Crippen molar-refractivity contribution in [3.05, 3.63) is 29.3 Å². The quantitative estimate of drug-likeness (QED) is 0.620. The topological polar surface area (TPSA) is 81.8 Å². The maximum Gasteiger partial charge on any atom is 0.255 e. The summed E-state index contributed by atoms with van der Waals surface area (Å²) in [5.74, 6) is -3.31. The van der Waals surface area contributed by atoms with Crippen LogP contribution in [0.15, 0.2) is 18.2 Å². The van der Waals surface area contributed by atoms with Gasteiger partial charge in [-0.3, -0.25) is 19.7 Å². The average molecular weight is 475 g/mol. The van der Waals surface area contributed by atoms with E-state index in [0.717, 1.165) is 36.9 Å². The zero-order valence-electron chi connectivity index (χ0n) is 19.5. The van der Waals surface area contributed by atoms with Crippen LogP contribution in [0, 0.1) is 5.92 Å². The third-order valence-electron chi connectivity index (χ3n) is 7.98. The molecule has 2 saturated carbocycles. The molecule has 34 heavy (non-hydrogen) atoms. The number of nitrogens with zero attached hydrogens (tertiary/aromatic N) is 2. The van der Waals surface area contributed by atoms with Crippen molar-refractivity contribution in [1.82, 2.24) is 15.5 Å². The van der Waals surface area contributed by atoms with Gasteiger partial charge in [-0.1, -0.05) is 12.8 Å². The van der Waals surface area contributed by atoms with Crippen LogP contribution in [0.25, 0.3) is 0 Å². The van der Waals surface area contributed by atoms with Crippen molar-refractivity contribution >= 4 is 23.4 Å². The van der Waals surface area contributed by atoms with Crippen LogP contribution in [-0.2, 0) is 16.1 Å². The van der Waals surface area contributed by atoms with Crippen LogP contribution in [0.2, 0.25) is 0 Å². The molecule has 1 aromatic rings. The fourth-order valence-corrected chi connectivity index (χ4v) is 6.03. The SMILES string of the molecule is CN(c1ccc2c(c1)CN(C1CCC(=O)NC1=O)C2=O)C1CCCCC1NCC1CC(F)(F)C1. The minimum Gasteiger partial charge on any atom is -0.370 e. The Labute approximate surface area is 198 Å². The van der Waals surface area contributed by atoms with Crippen LogP contribution < -0.4 is 15.5 Å². The molecular weight excluding hydrogens is 442 g/mol. The molecule has 0 bridgehead atoms. The Morgan fingerprint density at radius 3 is 2.65 bits per heavy atom. The second kappa shape index (κ2) is 8.91. The van der Waals surface area contributed by atoms with Gasteiger partial charge in [0.2, 0.25) is 17.7 Å². The average Bonchev–Trinajstić information content (AvgIpc) is 3.11. The van der Waals surface area contributed by atoms with E-state index in [1.54, 1.807) is 4.90 Å². The van der Waals surface area contributed by atoms with E-state index in [0.29, 0.717) is 25.1 Å². The summed E-state index contributed by atoms with van der Waals surface area (Å²) in [6, 6.07) is 5.67. The highest BCUT2D eigenvalue weighted by atomic mass is 19.3. The van der Waals surface area contributed by atoms with Crippen molar-refractivity contribution in [2.45, 2.75) is 82.0 Å². The number of alkyl halides is 2. The smallest absolute Gasteiger partial charge is 0.255 e. The van der Waals surface area contributed by atoms with Gasteiger partial charge in [0.05, 0.1) is 0 Å². The summed E-state index contributed by atoms with van der Waals surface area (Å²) in [7, 11) is 2.05. The Morgan fingerprint density at radius 1 is 1.15 bits per heavy atom. The van der Waals surface area contributed by atoms with Crippen molar-refractivity contribution in [3.8, 4) is 0 Å². The molecule has 3 atom stereocenters. The second-order valence-electron chi connectivity index (χ2n) is 10.3. The van der Waals surface area contributed by atoms with E-state index < -0.39 is 17.9 Å². The standard InChI is InChI=1S/C25H32F2N4O3/c1-30(20-5-3-2-4-19(20)28-13-15-11-25(26,27)12-15)17-6-7-18-16(10-17)14-31(24(18)34)21-8-9-22(32)29-23(21)33/h6-7,10,15,19-21,28H,2-5,8-9,11-14H2,1H3,(H,29,32,33). The van der Waals surface area contributed by atoms with Crippen LogP contribution in [-0.4, -0.2) is 60.3 Å². The third-order valence-corrected chi connectivity index (χ3v) is 7.98. The lowest BCUT2D eigenvalue weighted by atomic mass is 9.80. The molecule has 3 fully saturated rings. The monoisotopic (exact) mass is 474 g/mol. The van der Waals surface area contributed by atoms with Gasteiger partial charge in [-0.05, 0) is 55.5 Å². The van der Waals surface area contributed by atoms with Gasteiger partial charge in [-0.25, -0.2) is 8.78 Å². The minimum absolute atomic E-state index is 0.0181. The normalized spacial score (nSPS) is 29.0. The molecule has 2 heterocycles. The van der Waals surface area contributed by atoms with Crippen molar-refractivity contribution < 1.29 is 23.2 Å². The van der Waals surface area contributed by atoms with Crippen molar-refractivity contribution in [2.24, 2.45) is 5.92 Å². The lowest BCUT2D eigenvalue weighted by Crippen LogP contribution is -2.53. The van der Waals surface area contributed by atoms with Gasteiger partial charge < -0.3 is 15.1 Å². The number of nitrogens with one attached hydrogen (secondary N) is 2. The highest BCUT2D eigenvalue weighted by Crippen LogP contribution is 2.42. The number of piperidine rings is 1. The predicted molar refractivity (Wildman–Crippen MR) is 123 cm³/mol. The number of carbonyl (C=O) groups is 3. The van der Waals surface area contributed by atoms with Gasteiger partial charge >= 0.3 is 0 Å². The number of fused-ring (bicyclic) bond motifs is 1. The summed E-state index contributed by atoms with van der Waals surface area (Å²) in [4.78, 5) is 40.6. The van der Waals surface area contributed by atoms with Gasteiger partial charge in [0.25, 0.3) is 5.91 Å². The van der Waals surface area contributed by atoms with E-state index in [4.69, 9.17) is 0 Å². The maximum absolute atomic E-state index is 13.2. The van der Waals surface area contributed by atoms with Crippen LogP contribution in [0.1, 0.15) is 67.3 Å². The zero-order valence-corrected chi connectivity index (χ0v) is 19.5. The molecule has 7 nitrogen and oxygen atoms in total. The summed E-state index contributed by atoms with van der Waals surface area (Å²) in [6.07, 6.45) is 4.84. The Bertz CT molecular complexity index is 992. The van der Waals surface area contributed by atoms with Crippen LogP contribution in [0.3, 0.4) is 0 Å². The van der Waals surface area contributed by atoms with E-state index in [2.05, 4.69) is 22.6 Å². The molecule has 1 aromatic carbocycles. The lowest BCUT2D eigenvalue weighted by molar-refractivity contribution is -0.136. The van der Waals surface area contributed by atoms with E-state index in [1.165, 1.54) is 0 Å². The van der Waals surface area contributed by atoms with E-state index in [1.807, 2.05) is 18.2 Å². The fourth-order valence-electron chi connectivity index (χ4n) is 6.03. The third kappa shape index (κ3) is 4.42. The summed E-state index contributed by atoms with van der Waals surface area (Å²) < 4.78 is 26.4. The van der Waals surface area contributed by atoms with E-state index >= 15 is 0 Å². The summed E-state index contributed by atoms with van der Waals surface area (Å²) in [6.45, 7) is 0.981. The molecule has 2 aliphatic heterocycles. The summed E-state index contributed by atoms with van der Waals surface area (Å²) >= 11 is 0. The number of hydrogen-bond acceptors (Lipinski definition) is 5. The molecule has 2 N–H and O–H groups in total. The number of imide groups is 1. The van der Waals surface area contributed by atoms with Crippen LogP contribution >= 0.6 is 0 Å². The molecular formula is C25H32F2N4O3. The molecule has 0 aromatic heterocycles. The van der Waals surface area contributed by atoms with Gasteiger partial charge in [0.1, 0.15) is 6.04 Å². The molecule has 3 amide bonds. The largest absolute Gasteiger partial charge is 0.370 e. The Kier molecular flexibility index (Phi) is 6.08. The second-order valence-corrected chi connectivity index (χ2v) is 10.3. The molecule has 0 radical (unpaired) electrons. The molecule has 1 saturated heterocycles. The van der Waals surface area contributed by atoms with Crippen molar-refractivity contribution in [2.75, 3.05) is 18.5 Å². The summed E-state index contributed by atoms with van der Waals surface area (Å²) in [5, 5.41) is 5.91. The molecule has 184 valence electrons. The molecule has 3 unspecified atom stereocenters. The first-order valence-electron chi connectivity index (χ1n) is 12.3. The number of benzene rings is 1. The fraction of sp³-hybridized carbons (Fsp3) is 0.640. The number of amides is 3. The Hall–Kier alpha value is -2.55. The summed E-state index contributed by atoms with van der Waals surface area (Å²) in [5.41, 5.74) is 2.49. The predicted octanol–water partition coefficient (Wildman–Crippen LogP) is 2.83. The highest BCUT2D eigenvalue weighted by molar-refractivity contribution is 6.05. The first kappa shape index (κ1) is 23.2. The minimum atomic E-state index is -2.49. The van der Waals surface area contributed by atoms with Crippen molar-refractivity contribution in [3.63, 3.8) is 0 Å². The van der Waals surface area contributed by atoms with E-state index in [-0.39, 0.29) is 49.1 Å². The number of carbonyl (C=O) groups excluding carboxylic acids is 3. The molecule has 5 rings (SSSR count). The first-order chi connectivity index (χ1) is 16.2. The van der Waals surface area contributed by atoms with Gasteiger partial charge in [0, 0.05) is 56.2 Å². The Balaban J connectivity index is 1.26. The van der Waals surface area contributed by atoms with Crippen molar-refractivity contribution in [1.29, 1.82) is 0 Å². The Morgan fingerprint density at radius 2 is 1.91 bits per heavy atom. The number of halogens is 2. The molecule has 0 spiro atoms. The lowest BCUT2D eigenvalue weighted by Gasteiger charge is -2.42. The van der Waals surface area contributed by atoms with Crippen LogP contribution in [0.5, 0.6) is 0 Å². The molecule has 2 aliphatic carbocycles. The van der Waals surface area contributed by atoms with Gasteiger partial charge in [-0.15, -0.1) is 0 Å². The maximum atomic E-state index is 13.2.